The normalized spacial score (nSPS) is 11.8. The molecule has 196 valence electrons. The lowest BCUT2D eigenvalue weighted by Gasteiger charge is -2.08. The highest BCUT2D eigenvalue weighted by Crippen LogP contribution is 2.39. The molecule has 4 heterocycles. The second-order valence-corrected chi connectivity index (χ2v) is 11.4. The van der Waals surface area contributed by atoms with Gasteiger partial charge in [-0.15, -0.1) is 11.3 Å². The van der Waals surface area contributed by atoms with Crippen LogP contribution in [0.25, 0.3) is 87.2 Å². The highest BCUT2D eigenvalue weighted by molar-refractivity contribution is 7.25. The SMILES string of the molecule is c1ccc(-c2nc(-c3ccc4sc5ccccc5c4c3)nc(-c3nccc4c3oc3ccc5ccccc5c34)n2)cc1. The minimum Gasteiger partial charge on any atom is -0.454 e. The van der Waals surface area contributed by atoms with Crippen LogP contribution in [-0.2, 0) is 0 Å². The van der Waals surface area contributed by atoms with E-state index < -0.39 is 0 Å². The van der Waals surface area contributed by atoms with Gasteiger partial charge in [0.15, 0.2) is 28.8 Å². The predicted octanol–water partition coefficient (Wildman–Crippen LogP) is 9.69. The number of thiophene rings is 1. The third-order valence-electron chi connectivity index (χ3n) is 7.79. The molecule has 42 heavy (non-hydrogen) atoms. The first kappa shape index (κ1) is 23.3. The van der Waals surface area contributed by atoms with Crippen molar-refractivity contribution < 1.29 is 4.42 Å². The fourth-order valence-electron chi connectivity index (χ4n) is 5.82. The van der Waals surface area contributed by atoms with Gasteiger partial charge in [-0.1, -0.05) is 78.9 Å². The van der Waals surface area contributed by atoms with E-state index in [0.29, 0.717) is 28.8 Å². The minimum absolute atomic E-state index is 0.475. The third-order valence-corrected chi connectivity index (χ3v) is 8.94. The second-order valence-electron chi connectivity index (χ2n) is 10.3. The summed E-state index contributed by atoms with van der Waals surface area (Å²) in [5.74, 6) is 1.66. The Labute approximate surface area is 243 Å². The summed E-state index contributed by atoms with van der Waals surface area (Å²) in [7, 11) is 0. The van der Waals surface area contributed by atoms with Crippen molar-refractivity contribution in [3.8, 4) is 34.3 Å². The maximum absolute atomic E-state index is 6.47. The van der Waals surface area contributed by atoms with Crippen molar-refractivity contribution in [2.24, 2.45) is 0 Å². The number of benzene rings is 5. The summed E-state index contributed by atoms with van der Waals surface area (Å²) in [6.07, 6.45) is 1.81. The molecule has 9 rings (SSSR count). The van der Waals surface area contributed by atoms with E-state index in [1.807, 2.05) is 48.7 Å². The van der Waals surface area contributed by atoms with Crippen LogP contribution in [0.15, 0.2) is 126 Å². The topological polar surface area (TPSA) is 64.7 Å². The average molecular weight is 557 g/mol. The summed E-state index contributed by atoms with van der Waals surface area (Å²) in [4.78, 5) is 19.7. The molecule has 0 aliphatic carbocycles. The van der Waals surface area contributed by atoms with Gasteiger partial charge >= 0.3 is 0 Å². The maximum atomic E-state index is 6.47. The van der Waals surface area contributed by atoms with Crippen LogP contribution in [0.2, 0.25) is 0 Å². The summed E-state index contributed by atoms with van der Waals surface area (Å²) >= 11 is 1.79. The van der Waals surface area contributed by atoms with Crippen molar-refractivity contribution in [2.45, 2.75) is 0 Å². The number of pyridine rings is 1. The van der Waals surface area contributed by atoms with Crippen LogP contribution in [0.4, 0.5) is 0 Å². The lowest BCUT2D eigenvalue weighted by atomic mass is 10.0. The predicted molar refractivity (Wildman–Crippen MR) is 172 cm³/mol. The minimum atomic E-state index is 0.475. The molecule has 0 N–H and O–H groups in total. The van der Waals surface area contributed by atoms with E-state index in [9.17, 15) is 0 Å². The number of hydrogen-bond donors (Lipinski definition) is 0. The summed E-state index contributed by atoms with van der Waals surface area (Å²) in [6, 6.07) is 39.4. The van der Waals surface area contributed by atoms with Gasteiger partial charge in [0, 0.05) is 48.3 Å². The number of nitrogens with zero attached hydrogens (tertiary/aromatic N) is 4. The van der Waals surface area contributed by atoms with Gasteiger partial charge in [-0.05, 0) is 47.2 Å². The lowest BCUT2D eigenvalue weighted by Crippen LogP contribution is -2.01. The molecule has 0 radical (unpaired) electrons. The zero-order chi connectivity index (χ0) is 27.6. The van der Waals surface area contributed by atoms with Gasteiger partial charge in [0.25, 0.3) is 0 Å². The molecule has 0 saturated heterocycles. The molecule has 4 aromatic heterocycles. The fraction of sp³-hybridized carbons (Fsp3) is 0. The van der Waals surface area contributed by atoms with Gasteiger partial charge in [-0.2, -0.15) is 0 Å². The van der Waals surface area contributed by atoms with Gasteiger partial charge in [0.05, 0.1) is 0 Å². The Balaban J connectivity index is 1.31. The molecule has 0 aliphatic rings. The first-order valence-corrected chi connectivity index (χ1v) is 14.5. The summed E-state index contributed by atoms with van der Waals surface area (Å²) in [5.41, 5.74) is 3.90. The molecule has 5 nitrogen and oxygen atoms in total. The zero-order valence-electron chi connectivity index (χ0n) is 22.2. The highest BCUT2D eigenvalue weighted by atomic mass is 32.1. The Bertz CT molecular complexity index is 2480. The molecule has 0 atom stereocenters. The summed E-state index contributed by atoms with van der Waals surface area (Å²) < 4.78 is 8.97. The average Bonchev–Trinajstić information content (AvgIpc) is 3.63. The summed E-state index contributed by atoms with van der Waals surface area (Å²) in [5, 5.41) is 6.79. The summed E-state index contributed by atoms with van der Waals surface area (Å²) in [6.45, 7) is 0. The first-order chi connectivity index (χ1) is 20.8. The molecule has 0 spiro atoms. The van der Waals surface area contributed by atoms with E-state index in [1.165, 1.54) is 20.2 Å². The molecule has 0 saturated carbocycles. The number of rotatable bonds is 3. The van der Waals surface area contributed by atoms with Crippen LogP contribution in [-0.4, -0.2) is 19.9 Å². The molecule has 6 heteroatoms. The van der Waals surface area contributed by atoms with E-state index in [0.717, 1.165) is 38.3 Å². The van der Waals surface area contributed by atoms with Crippen molar-refractivity contribution in [1.82, 2.24) is 19.9 Å². The van der Waals surface area contributed by atoms with Gasteiger partial charge in [-0.25, -0.2) is 19.9 Å². The quantitative estimate of drug-likeness (QED) is 0.217. The molecule has 0 fully saturated rings. The molecule has 0 aliphatic heterocycles. The Hall–Kier alpha value is -5.46. The second kappa shape index (κ2) is 9.03. The highest BCUT2D eigenvalue weighted by Gasteiger charge is 2.20. The number of hydrogen-bond acceptors (Lipinski definition) is 6. The van der Waals surface area contributed by atoms with Crippen molar-refractivity contribution in [1.29, 1.82) is 0 Å². The largest absolute Gasteiger partial charge is 0.454 e. The smallest absolute Gasteiger partial charge is 0.186 e. The molecule has 0 unspecified atom stereocenters. The Morgan fingerprint density at radius 2 is 1.26 bits per heavy atom. The van der Waals surface area contributed by atoms with E-state index in [-0.39, 0.29) is 0 Å². The molecule has 5 aromatic carbocycles. The van der Waals surface area contributed by atoms with Gasteiger partial charge in [0.1, 0.15) is 5.58 Å². The number of fused-ring (bicyclic) bond motifs is 8. The zero-order valence-corrected chi connectivity index (χ0v) is 23.0. The van der Waals surface area contributed by atoms with Gasteiger partial charge in [0.2, 0.25) is 0 Å². The van der Waals surface area contributed by atoms with Crippen molar-refractivity contribution in [3.63, 3.8) is 0 Å². The van der Waals surface area contributed by atoms with Crippen LogP contribution in [0.5, 0.6) is 0 Å². The molecule has 9 aromatic rings. The van der Waals surface area contributed by atoms with Crippen LogP contribution in [0, 0.1) is 0 Å². The third kappa shape index (κ3) is 3.56. The standard InChI is InChI=1S/C36H20N4OS/c1-2-9-22(10-3-1)34-38-35(23-15-17-30-27(20-23)25-12-6-7-13-29(25)42-30)40-36(39-34)32-33-26(18-19-37-32)31-24-11-5-4-8-21(24)14-16-28(31)41-33/h1-20H. The first-order valence-electron chi connectivity index (χ1n) is 13.7. The molecular formula is C36H20N4OS. The van der Waals surface area contributed by atoms with Gasteiger partial charge < -0.3 is 4.42 Å². The number of aromatic nitrogens is 4. The Kier molecular flexibility index (Phi) is 5.00. The van der Waals surface area contributed by atoms with Crippen molar-refractivity contribution in [2.75, 3.05) is 0 Å². The maximum Gasteiger partial charge on any atom is 0.186 e. The van der Waals surface area contributed by atoms with E-state index in [1.54, 1.807) is 11.3 Å². The van der Waals surface area contributed by atoms with Gasteiger partial charge in [-0.3, -0.25) is 0 Å². The van der Waals surface area contributed by atoms with Crippen molar-refractivity contribution >= 4 is 64.2 Å². The molecule has 0 bridgehead atoms. The monoisotopic (exact) mass is 556 g/mol. The van der Waals surface area contributed by atoms with E-state index in [4.69, 9.17) is 24.4 Å². The number of furan rings is 1. The van der Waals surface area contributed by atoms with Crippen LogP contribution < -0.4 is 0 Å². The molecular weight excluding hydrogens is 536 g/mol. The van der Waals surface area contributed by atoms with E-state index in [2.05, 4.69) is 72.8 Å². The van der Waals surface area contributed by atoms with Crippen LogP contribution >= 0.6 is 11.3 Å². The fourth-order valence-corrected chi connectivity index (χ4v) is 6.91. The molecule has 0 amide bonds. The van der Waals surface area contributed by atoms with Crippen LogP contribution in [0.3, 0.4) is 0 Å². The van der Waals surface area contributed by atoms with Crippen LogP contribution in [0.1, 0.15) is 0 Å². The van der Waals surface area contributed by atoms with E-state index >= 15 is 0 Å². The lowest BCUT2D eigenvalue weighted by molar-refractivity contribution is 0.668. The van der Waals surface area contributed by atoms with Crippen molar-refractivity contribution in [3.05, 3.63) is 121 Å². The Morgan fingerprint density at radius 1 is 0.524 bits per heavy atom. The Morgan fingerprint density at radius 3 is 2.17 bits per heavy atom.